The van der Waals surface area contributed by atoms with Crippen molar-refractivity contribution in [3.8, 4) is 11.4 Å². The number of anilines is 1. The number of hydrogen-bond donors (Lipinski definition) is 2. The molecule has 3 heterocycles. The van der Waals surface area contributed by atoms with Gasteiger partial charge < -0.3 is 10.3 Å². The van der Waals surface area contributed by atoms with Crippen molar-refractivity contribution < 1.29 is 17.6 Å². The Morgan fingerprint density at radius 2 is 1.94 bits per heavy atom. The number of imidazole rings is 1. The van der Waals surface area contributed by atoms with Gasteiger partial charge in [0.15, 0.2) is 0 Å². The second-order valence-corrected chi connectivity index (χ2v) is 11.0. The first-order chi connectivity index (χ1) is 15.9. The van der Waals surface area contributed by atoms with Crippen LogP contribution in [-0.2, 0) is 14.8 Å². The van der Waals surface area contributed by atoms with Crippen molar-refractivity contribution in [2.24, 2.45) is 5.92 Å². The summed E-state index contributed by atoms with van der Waals surface area (Å²) in [5.74, 6) is -0.185. The third-order valence-electron chi connectivity index (χ3n) is 5.76. The molecule has 1 aliphatic heterocycles. The molecule has 7 nitrogen and oxygen atoms in total. The molecule has 0 atom stereocenters. The fraction of sp³-hybridized carbons (Fsp3) is 0.217. The molecule has 1 amide bonds. The molecule has 10 heteroatoms. The first-order valence-corrected chi connectivity index (χ1v) is 12.8. The van der Waals surface area contributed by atoms with Crippen LogP contribution in [0.2, 0.25) is 0 Å². The van der Waals surface area contributed by atoms with Gasteiger partial charge in [-0.15, -0.1) is 11.3 Å². The summed E-state index contributed by atoms with van der Waals surface area (Å²) in [6, 6.07) is 14.9. The zero-order valence-corrected chi connectivity index (χ0v) is 19.1. The molecule has 0 saturated carbocycles. The fourth-order valence-corrected chi connectivity index (χ4v) is 6.61. The highest BCUT2D eigenvalue weighted by molar-refractivity contribution is 7.91. The number of thiophene rings is 1. The van der Waals surface area contributed by atoms with E-state index in [0.717, 1.165) is 5.52 Å². The van der Waals surface area contributed by atoms with Crippen LogP contribution in [0.15, 0.2) is 64.2 Å². The van der Waals surface area contributed by atoms with Crippen LogP contribution in [0.1, 0.15) is 12.8 Å². The largest absolute Gasteiger partial charge is 0.338 e. The Bertz CT molecular complexity index is 1410. The summed E-state index contributed by atoms with van der Waals surface area (Å²) in [4.78, 5) is 20.5. The van der Waals surface area contributed by atoms with Crippen molar-refractivity contribution >= 4 is 44.0 Å². The average molecular weight is 485 g/mol. The normalized spacial score (nSPS) is 15.7. The van der Waals surface area contributed by atoms with E-state index in [1.54, 1.807) is 47.8 Å². The number of piperidine rings is 1. The van der Waals surface area contributed by atoms with Crippen LogP contribution in [0.4, 0.5) is 10.1 Å². The summed E-state index contributed by atoms with van der Waals surface area (Å²) in [5, 5.41) is 4.67. The number of H-pyrrole nitrogens is 1. The lowest BCUT2D eigenvalue weighted by Crippen LogP contribution is -2.41. The number of hydrogen-bond acceptors (Lipinski definition) is 5. The molecule has 0 aliphatic carbocycles. The van der Waals surface area contributed by atoms with Gasteiger partial charge in [-0.05, 0) is 54.6 Å². The van der Waals surface area contributed by atoms with E-state index in [9.17, 15) is 17.6 Å². The fourth-order valence-electron chi connectivity index (χ4n) is 4.00. The summed E-state index contributed by atoms with van der Waals surface area (Å²) in [6.07, 6.45) is 0.929. The minimum Gasteiger partial charge on any atom is -0.338 e. The predicted molar refractivity (Wildman–Crippen MR) is 126 cm³/mol. The molecule has 0 unspecified atom stereocenters. The molecule has 5 rings (SSSR count). The van der Waals surface area contributed by atoms with Gasteiger partial charge in [0.2, 0.25) is 5.91 Å². The number of carbonyl (C=O) groups excluding carboxylic acids is 1. The number of rotatable bonds is 5. The van der Waals surface area contributed by atoms with Crippen molar-refractivity contribution in [1.29, 1.82) is 0 Å². The molecular weight excluding hydrogens is 463 g/mol. The van der Waals surface area contributed by atoms with Gasteiger partial charge in [0.25, 0.3) is 10.0 Å². The van der Waals surface area contributed by atoms with Gasteiger partial charge in [-0.3, -0.25) is 4.79 Å². The summed E-state index contributed by atoms with van der Waals surface area (Å²) >= 11 is 1.20. The van der Waals surface area contributed by atoms with Crippen molar-refractivity contribution in [2.75, 3.05) is 18.4 Å². The molecule has 2 aromatic carbocycles. The minimum atomic E-state index is -3.49. The van der Waals surface area contributed by atoms with Gasteiger partial charge in [0, 0.05) is 30.3 Å². The standard InChI is InChI=1S/C23H21FN4O3S2/c24-17-4-1-3-16(13-17)22-26-19-7-6-18(14-20(19)27-22)25-23(29)15-8-10-28(11-9-15)33(30,31)21-5-2-12-32-21/h1-7,12-15H,8-11H2,(H,25,29)(H,26,27). The molecule has 170 valence electrons. The molecule has 2 aromatic heterocycles. The molecule has 0 spiro atoms. The van der Waals surface area contributed by atoms with Crippen molar-refractivity contribution in [2.45, 2.75) is 17.1 Å². The Balaban J connectivity index is 1.25. The van der Waals surface area contributed by atoms with E-state index in [-0.39, 0.29) is 17.6 Å². The van der Waals surface area contributed by atoms with Crippen LogP contribution < -0.4 is 5.32 Å². The van der Waals surface area contributed by atoms with Gasteiger partial charge in [-0.2, -0.15) is 4.31 Å². The van der Waals surface area contributed by atoms with E-state index in [2.05, 4.69) is 15.3 Å². The van der Waals surface area contributed by atoms with Gasteiger partial charge in [0.05, 0.1) is 11.0 Å². The quantitative estimate of drug-likeness (QED) is 0.437. The molecule has 1 fully saturated rings. The topological polar surface area (TPSA) is 95.2 Å². The Morgan fingerprint density at radius 3 is 2.67 bits per heavy atom. The van der Waals surface area contributed by atoms with Crippen LogP contribution in [0.3, 0.4) is 0 Å². The highest BCUT2D eigenvalue weighted by atomic mass is 32.2. The van der Waals surface area contributed by atoms with Crippen LogP contribution in [-0.4, -0.2) is 41.7 Å². The number of nitrogens with one attached hydrogen (secondary N) is 2. The minimum absolute atomic E-state index is 0.132. The molecule has 2 N–H and O–H groups in total. The lowest BCUT2D eigenvalue weighted by Gasteiger charge is -2.30. The molecule has 1 saturated heterocycles. The van der Waals surface area contributed by atoms with E-state index in [0.29, 0.717) is 52.7 Å². The number of halogens is 1. The second-order valence-electron chi connectivity index (χ2n) is 7.93. The summed E-state index contributed by atoms with van der Waals surface area (Å²) in [7, 11) is -3.49. The summed E-state index contributed by atoms with van der Waals surface area (Å²) in [5.41, 5.74) is 2.69. The van der Waals surface area contributed by atoms with Gasteiger partial charge in [-0.25, -0.2) is 17.8 Å². The number of carbonyl (C=O) groups is 1. The molecule has 1 aliphatic rings. The van der Waals surface area contributed by atoms with E-state index >= 15 is 0 Å². The zero-order chi connectivity index (χ0) is 23.0. The number of fused-ring (bicyclic) bond motifs is 1. The van der Waals surface area contributed by atoms with Crippen molar-refractivity contribution in [3.63, 3.8) is 0 Å². The van der Waals surface area contributed by atoms with Crippen molar-refractivity contribution in [1.82, 2.24) is 14.3 Å². The Labute approximate surface area is 194 Å². The van der Waals surface area contributed by atoms with E-state index < -0.39 is 10.0 Å². The Morgan fingerprint density at radius 1 is 1.12 bits per heavy atom. The molecule has 33 heavy (non-hydrogen) atoms. The smallest absolute Gasteiger partial charge is 0.252 e. The highest BCUT2D eigenvalue weighted by Crippen LogP contribution is 2.28. The molecular formula is C23H21FN4O3S2. The number of benzene rings is 2. The number of aromatic nitrogens is 2. The third kappa shape index (κ3) is 4.41. The predicted octanol–water partition coefficient (Wildman–Crippen LogP) is 4.47. The van der Waals surface area contributed by atoms with Crippen LogP contribution in [0.25, 0.3) is 22.4 Å². The maximum Gasteiger partial charge on any atom is 0.252 e. The highest BCUT2D eigenvalue weighted by Gasteiger charge is 2.32. The lowest BCUT2D eigenvalue weighted by molar-refractivity contribution is -0.120. The maximum atomic E-state index is 13.5. The Kier molecular flexibility index (Phi) is 5.73. The molecule has 4 aromatic rings. The van der Waals surface area contributed by atoms with Crippen LogP contribution >= 0.6 is 11.3 Å². The molecule has 0 radical (unpaired) electrons. The first-order valence-electron chi connectivity index (χ1n) is 10.5. The summed E-state index contributed by atoms with van der Waals surface area (Å²) in [6.45, 7) is 0.629. The first kappa shape index (κ1) is 21.7. The number of amides is 1. The average Bonchev–Trinajstić information content (AvgIpc) is 3.49. The van der Waals surface area contributed by atoms with E-state index in [4.69, 9.17) is 0 Å². The summed E-state index contributed by atoms with van der Waals surface area (Å²) < 4.78 is 40.6. The van der Waals surface area contributed by atoms with Gasteiger partial charge in [-0.1, -0.05) is 18.2 Å². The maximum absolute atomic E-state index is 13.5. The number of sulfonamides is 1. The number of aromatic amines is 1. The number of nitrogens with zero attached hydrogens (tertiary/aromatic N) is 2. The SMILES string of the molecule is O=C(Nc1ccc2nc(-c3cccc(F)c3)[nH]c2c1)C1CCN(S(=O)(=O)c2cccs2)CC1. The van der Waals surface area contributed by atoms with Crippen molar-refractivity contribution in [3.05, 3.63) is 65.8 Å². The van der Waals surface area contributed by atoms with Crippen LogP contribution in [0, 0.1) is 11.7 Å². The van der Waals surface area contributed by atoms with E-state index in [1.807, 2.05) is 0 Å². The van der Waals surface area contributed by atoms with Gasteiger partial charge in [0.1, 0.15) is 15.9 Å². The second kappa shape index (κ2) is 8.69. The Hall–Kier alpha value is -3.08. The monoisotopic (exact) mass is 484 g/mol. The lowest BCUT2D eigenvalue weighted by atomic mass is 9.97. The van der Waals surface area contributed by atoms with Gasteiger partial charge >= 0.3 is 0 Å². The third-order valence-corrected chi connectivity index (χ3v) is 9.03. The zero-order valence-electron chi connectivity index (χ0n) is 17.5. The van der Waals surface area contributed by atoms with Crippen LogP contribution in [0.5, 0.6) is 0 Å². The molecule has 0 bridgehead atoms. The van der Waals surface area contributed by atoms with E-state index in [1.165, 1.54) is 27.8 Å².